The molecule has 0 saturated heterocycles. The Labute approximate surface area is 198 Å². The van der Waals surface area contributed by atoms with Crippen LogP contribution in [0, 0.1) is 11.6 Å². The molecule has 1 heterocycles. The van der Waals surface area contributed by atoms with Crippen molar-refractivity contribution in [1.82, 2.24) is 0 Å². The maximum Gasteiger partial charge on any atom is 0.308 e. The molecule has 0 atom stereocenters. The van der Waals surface area contributed by atoms with Crippen molar-refractivity contribution in [3.8, 4) is 5.75 Å². The van der Waals surface area contributed by atoms with Gasteiger partial charge < -0.3 is 10.1 Å². The van der Waals surface area contributed by atoms with Crippen LogP contribution < -0.4 is 10.1 Å². The van der Waals surface area contributed by atoms with Gasteiger partial charge in [-0.3, -0.25) is 9.59 Å². The smallest absolute Gasteiger partial charge is 0.308 e. The molecule has 0 aromatic heterocycles. The summed E-state index contributed by atoms with van der Waals surface area (Å²) >= 11 is 1.07. The fourth-order valence-electron chi connectivity index (χ4n) is 3.22. The lowest BCUT2D eigenvalue weighted by molar-refractivity contribution is -0.131. The number of halogens is 2. The van der Waals surface area contributed by atoms with Crippen LogP contribution in [0.4, 0.5) is 14.5 Å². The zero-order valence-electron chi connectivity index (χ0n) is 17.7. The molecule has 0 spiro atoms. The number of ether oxygens (including phenoxy) is 1. The second-order valence-electron chi connectivity index (χ2n) is 7.34. The highest BCUT2D eigenvalue weighted by atomic mass is 32.2. The van der Waals surface area contributed by atoms with E-state index in [0.29, 0.717) is 26.8 Å². The first-order chi connectivity index (χ1) is 16.1. The maximum absolute atomic E-state index is 14.0. The Morgan fingerprint density at radius 3 is 2.38 bits per heavy atom. The summed E-state index contributed by atoms with van der Waals surface area (Å²) < 4.78 is 58.6. The van der Waals surface area contributed by atoms with Crippen molar-refractivity contribution in [3.05, 3.63) is 88.3 Å². The molecule has 0 saturated carbocycles. The molecule has 0 aliphatic carbocycles. The van der Waals surface area contributed by atoms with Crippen molar-refractivity contribution < 1.29 is 31.5 Å². The standard InChI is InChI=1S/C24H17F2NO5S2/c1-14(28)32-16-7-5-15(6-8-16)11-23-24(29)27-21-10-9-17(12-22(21)33-23)34(30,31)13-18-19(25)3-2-4-20(18)26/h2-12H,13H2,1H3,(H,27,29). The number of esters is 1. The number of amides is 1. The lowest BCUT2D eigenvalue weighted by Crippen LogP contribution is -2.18. The molecule has 0 bridgehead atoms. The summed E-state index contributed by atoms with van der Waals surface area (Å²) in [6.07, 6.45) is 1.61. The van der Waals surface area contributed by atoms with Gasteiger partial charge in [-0.1, -0.05) is 30.0 Å². The summed E-state index contributed by atoms with van der Waals surface area (Å²) in [7, 11) is -4.06. The summed E-state index contributed by atoms with van der Waals surface area (Å²) in [5, 5.41) is 2.70. The van der Waals surface area contributed by atoms with Crippen LogP contribution in [-0.2, 0) is 25.2 Å². The number of hydrogen-bond acceptors (Lipinski definition) is 6. The monoisotopic (exact) mass is 501 g/mol. The number of rotatable bonds is 5. The van der Waals surface area contributed by atoms with E-state index in [-0.39, 0.29) is 10.8 Å². The van der Waals surface area contributed by atoms with Crippen LogP contribution >= 0.6 is 11.8 Å². The summed E-state index contributed by atoms with van der Waals surface area (Å²) in [6.45, 7) is 1.29. The molecule has 6 nitrogen and oxygen atoms in total. The third-order valence-electron chi connectivity index (χ3n) is 4.84. The number of thioether (sulfide) groups is 1. The third kappa shape index (κ3) is 5.18. The largest absolute Gasteiger partial charge is 0.427 e. The van der Waals surface area contributed by atoms with Crippen molar-refractivity contribution in [3.63, 3.8) is 0 Å². The van der Waals surface area contributed by atoms with Crippen LogP contribution in [0.5, 0.6) is 5.75 Å². The van der Waals surface area contributed by atoms with Gasteiger partial charge in [0.25, 0.3) is 5.91 Å². The van der Waals surface area contributed by atoms with E-state index in [4.69, 9.17) is 4.74 Å². The van der Waals surface area contributed by atoms with Gasteiger partial charge in [0.1, 0.15) is 17.4 Å². The van der Waals surface area contributed by atoms with Gasteiger partial charge in [-0.05, 0) is 54.1 Å². The lowest BCUT2D eigenvalue weighted by Gasteiger charge is -2.19. The van der Waals surface area contributed by atoms with Crippen LogP contribution in [0.3, 0.4) is 0 Å². The second-order valence-corrected chi connectivity index (χ2v) is 10.4. The molecular weight excluding hydrogens is 484 g/mol. The number of carbonyl (C=O) groups is 2. The van der Waals surface area contributed by atoms with Crippen molar-refractivity contribution in [2.75, 3.05) is 5.32 Å². The van der Waals surface area contributed by atoms with Crippen molar-refractivity contribution in [1.29, 1.82) is 0 Å². The van der Waals surface area contributed by atoms with Crippen molar-refractivity contribution in [2.45, 2.75) is 22.5 Å². The van der Waals surface area contributed by atoms with E-state index < -0.39 is 38.8 Å². The first-order valence-electron chi connectivity index (χ1n) is 9.91. The zero-order chi connectivity index (χ0) is 24.5. The number of sulfone groups is 1. The summed E-state index contributed by atoms with van der Waals surface area (Å²) in [6, 6.07) is 13.8. The first kappa shape index (κ1) is 23.7. The molecule has 1 amide bonds. The third-order valence-corrected chi connectivity index (χ3v) is 7.56. The molecule has 4 rings (SSSR count). The highest BCUT2D eigenvalue weighted by Crippen LogP contribution is 2.40. The molecule has 1 aliphatic heterocycles. The summed E-state index contributed by atoms with van der Waals surface area (Å²) in [4.78, 5) is 24.2. The van der Waals surface area contributed by atoms with Crippen LogP contribution in [-0.4, -0.2) is 20.3 Å². The van der Waals surface area contributed by atoms with Gasteiger partial charge in [0.05, 0.1) is 21.2 Å². The van der Waals surface area contributed by atoms with Gasteiger partial charge in [-0.2, -0.15) is 0 Å². The number of nitrogens with one attached hydrogen (secondary N) is 1. The quantitative estimate of drug-likeness (QED) is 0.302. The fourth-order valence-corrected chi connectivity index (χ4v) is 5.68. The number of benzene rings is 3. The van der Waals surface area contributed by atoms with Gasteiger partial charge in [0.2, 0.25) is 0 Å². The number of carbonyl (C=O) groups excluding carboxylic acids is 2. The Bertz CT molecular complexity index is 1410. The molecule has 0 fully saturated rings. The number of fused-ring (bicyclic) bond motifs is 1. The minimum absolute atomic E-state index is 0.123. The van der Waals surface area contributed by atoms with Crippen LogP contribution in [0.25, 0.3) is 6.08 Å². The van der Waals surface area contributed by atoms with Gasteiger partial charge in [0.15, 0.2) is 9.84 Å². The maximum atomic E-state index is 14.0. The van der Waals surface area contributed by atoms with E-state index in [0.717, 1.165) is 30.0 Å². The molecule has 174 valence electrons. The predicted octanol–water partition coefficient (Wildman–Crippen LogP) is 4.95. The van der Waals surface area contributed by atoms with Crippen LogP contribution in [0.2, 0.25) is 0 Å². The average molecular weight is 502 g/mol. The topological polar surface area (TPSA) is 89.5 Å². The van der Waals surface area contributed by atoms with E-state index in [1.54, 1.807) is 30.3 Å². The Kier molecular flexibility index (Phi) is 6.54. The number of hydrogen-bond donors (Lipinski definition) is 1. The van der Waals surface area contributed by atoms with Crippen LogP contribution in [0.15, 0.2) is 75.4 Å². The van der Waals surface area contributed by atoms with Gasteiger partial charge >= 0.3 is 5.97 Å². The Balaban J connectivity index is 1.60. The molecule has 10 heteroatoms. The van der Waals surface area contributed by atoms with Crippen LogP contribution in [0.1, 0.15) is 18.1 Å². The van der Waals surface area contributed by atoms with Gasteiger partial charge in [-0.25, -0.2) is 17.2 Å². The fraction of sp³-hybridized carbons (Fsp3) is 0.0833. The molecule has 0 radical (unpaired) electrons. The van der Waals surface area contributed by atoms with E-state index in [2.05, 4.69) is 5.32 Å². The van der Waals surface area contributed by atoms with E-state index in [1.165, 1.54) is 25.1 Å². The van der Waals surface area contributed by atoms with E-state index in [1.807, 2.05) is 0 Å². The van der Waals surface area contributed by atoms with Crippen molar-refractivity contribution >= 4 is 45.2 Å². The molecule has 3 aromatic rings. The summed E-state index contributed by atoms with van der Waals surface area (Å²) in [5.41, 5.74) is 0.558. The second kappa shape index (κ2) is 9.40. The molecule has 1 aliphatic rings. The highest BCUT2D eigenvalue weighted by Gasteiger charge is 2.25. The average Bonchev–Trinajstić information content (AvgIpc) is 2.77. The molecule has 3 aromatic carbocycles. The van der Waals surface area contributed by atoms with Gasteiger partial charge in [-0.15, -0.1) is 0 Å². The lowest BCUT2D eigenvalue weighted by atomic mass is 10.2. The normalized spacial score (nSPS) is 14.4. The van der Waals surface area contributed by atoms with E-state index >= 15 is 0 Å². The zero-order valence-corrected chi connectivity index (χ0v) is 19.3. The van der Waals surface area contributed by atoms with Crippen molar-refractivity contribution in [2.24, 2.45) is 0 Å². The SMILES string of the molecule is CC(=O)Oc1ccc(C=C2Sc3cc(S(=O)(=O)Cc4c(F)cccc4F)ccc3NC2=O)cc1. The Morgan fingerprint density at radius 1 is 1.06 bits per heavy atom. The van der Waals surface area contributed by atoms with Gasteiger partial charge in [0, 0.05) is 17.4 Å². The minimum atomic E-state index is -4.06. The Morgan fingerprint density at radius 2 is 1.74 bits per heavy atom. The first-order valence-corrected chi connectivity index (χ1v) is 12.4. The molecule has 34 heavy (non-hydrogen) atoms. The predicted molar refractivity (Wildman–Crippen MR) is 124 cm³/mol. The molecule has 0 unspecified atom stereocenters. The minimum Gasteiger partial charge on any atom is -0.427 e. The van der Waals surface area contributed by atoms with E-state index in [9.17, 15) is 26.8 Å². The number of anilines is 1. The summed E-state index contributed by atoms with van der Waals surface area (Å²) in [5.74, 6) is -3.17. The Hall–Kier alpha value is -3.50. The molecule has 1 N–H and O–H groups in total. The molecular formula is C24H17F2NO5S2. The highest BCUT2D eigenvalue weighted by molar-refractivity contribution is 8.04.